The Morgan fingerprint density at radius 1 is 0.405 bits per heavy atom. The lowest BCUT2D eigenvalue weighted by Crippen LogP contribution is -2.27. The van der Waals surface area contributed by atoms with Gasteiger partial charge in [-0.2, -0.15) is 0 Å². The second kappa shape index (κ2) is 33.0. The summed E-state index contributed by atoms with van der Waals surface area (Å²) in [7, 11) is 0. The Labute approximate surface area is 254 Å². The molecule has 0 saturated carbocycles. The van der Waals surface area contributed by atoms with Crippen LogP contribution < -0.4 is 0 Å². The summed E-state index contributed by atoms with van der Waals surface area (Å²) in [6.45, 7) is 17.4. The third-order valence-electron chi connectivity index (χ3n) is 5.13. The van der Waals surface area contributed by atoms with E-state index in [0.29, 0.717) is 119 Å². The molecule has 0 radical (unpaired) electrons. The van der Waals surface area contributed by atoms with Crippen molar-refractivity contribution in [3.05, 3.63) is 0 Å². The van der Waals surface area contributed by atoms with Crippen molar-refractivity contribution < 1.29 is 56.9 Å². The topological polar surface area (TPSA) is 119 Å². The zero-order valence-corrected chi connectivity index (χ0v) is 26.9. The largest absolute Gasteiger partial charge is 0.458 e. The van der Waals surface area contributed by atoms with Crippen LogP contribution in [0.1, 0.15) is 53.4 Å². The van der Waals surface area contributed by atoms with Crippen LogP contribution in [0.25, 0.3) is 0 Å². The quantitative estimate of drug-likeness (QED) is 0.0785. The van der Waals surface area contributed by atoms with Gasteiger partial charge >= 0.3 is 5.97 Å². The molecule has 0 aliphatic heterocycles. The van der Waals surface area contributed by atoms with Crippen LogP contribution in [-0.2, 0) is 56.9 Å². The molecule has 0 unspecified atom stereocenters. The number of hydrogen-bond acceptors (Lipinski definition) is 12. The van der Waals surface area contributed by atoms with Gasteiger partial charge in [0.2, 0.25) is 0 Å². The third-order valence-corrected chi connectivity index (χ3v) is 5.13. The summed E-state index contributed by atoms with van der Waals surface area (Å²) in [4.78, 5) is 11.5. The Morgan fingerprint density at radius 3 is 0.976 bits per heavy atom. The smallest absolute Gasteiger partial charge is 0.332 e. The first-order valence-electron chi connectivity index (χ1n) is 15.4. The van der Waals surface area contributed by atoms with E-state index in [1.54, 1.807) is 0 Å². The van der Waals surface area contributed by atoms with Crippen LogP contribution >= 0.6 is 0 Å². The first-order chi connectivity index (χ1) is 20.5. The number of hydrogen-bond donors (Lipinski definition) is 0. The molecule has 0 spiro atoms. The molecule has 0 N–H and O–H groups in total. The van der Waals surface area contributed by atoms with E-state index < -0.39 is 5.60 Å². The maximum absolute atomic E-state index is 11.5. The zero-order valence-electron chi connectivity index (χ0n) is 26.9. The van der Waals surface area contributed by atoms with Crippen LogP contribution in [0.15, 0.2) is 0 Å². The molecule has 0 atom stereocenters. The summed E-state index contributed by atoms with van der Waals surface area (Å²) in [6.07, 6.45) is 4.89. The average Bonchev–Trinajstić information content (AvgIpc) is 2.94. The Morgan fingerprint density at radius 2 is 0.690 bits per heavy atom. The average molecular weight is 613 g/mol. The Kier molecular flexibility index (Phi) is 32.2. The molecule has 0 bridgehead atoms. The van der Waals surface area contributed by atoms with Crippen molar-refractivity contribution in [1.29, 1.82) is 0 Å². The van der Waals surface area contributed by atoms with Crippen molar-refractivity contribution in [2.24, 2.45) is 0 Å². The van der Waals surface area contributed by atoms with Crippen molar-refractivity contribution in [2.75, 3.05) is 132 Å². The maximum Gasteiger partial charge on any atom is 0.332 e. The van der Waals surface area contributed by atoms with Gasteiger partial charge in [-0.15, -0.1) is 0 Å². The fraction of sp³-hybridized carbons (Fsp3) is 0.967. The van der Waals surface area contributed by atoms with Gasteiger partial charge in [0.15, 0.2) is 0 Å². The highest BCUT2D eigenvalue weighted by molar-refractivity contribution is 5.71. The first-order valence-corrected chi connectivity index (χ1v) is 15.4. The normalized spacial score (nSPS) is 11.8. The molecule has 0 aromatic rings. The highest BCUT2D eigenvalue weighted by atomic mass is 16.6. The minimum absolute atomic E-state index is 0.0788. The van der Waals surface area contributed by atoms with Crippen molar-refractivity contribution in [3.8, 4) is 0 Å². The van der Waals surface area contributed by atoms with Gasteiger partial charge in [-0.25, -0.2) is 4.79 Å². The molecule has 0 fully saturated rings. The second-order valence-electron chi connectivity index (χ2n) is 10.2. The lowest BCUT2D eigenvalue weighted by molar-refractivity contribution is -0.160. The minimum Gasteiger partial charge on any atom is -0.458 e. The molecular weight excluding hydrogens is 552 g/mol. The number of esters is 1. The van der Waals surface area contributed by atoms with Crippen molar-refractivity contribution in [3.63, 3.8) is 0 Å². The molecule has 0 aromatic heterocycles. The molecule has 42 heavy (non-hydrogen) atoms. The molecule has 12 nitrogen and oxygen atoms in total. The van der Waals surface area contributed by atoms with Crippen molar-refractivity contribution in [1.82, 2.24) is 0 Å². The molecule has 0 aliphatic carbocycles. The van der Waals surface area contributed by atoms with Gasteiger partial charge in [0.25, 0.3) is 0 Å². The van der Waals surface area contributed by atoms with E-state index >= 15 is 0 Å². The number of rotatable bonds is 34. The molecule has 12 heteroatoms. The highest BCUT2D eigenvalue weighted by Gasteiger charge is 2.15. The summed E-state index contributed by atoms with van der Waals surface area (Å²) in [5, 5.41) is 0. The first kappa shape index (κ1) is 41.1. The Bertz CT molecular complexity index is 545. The zero-order chi connectivity index (χ0) is 30.8. The monoisotopic (exact) mass is 612 g/mol. The minimum atomic E-state index is -0.506. The van der Waals surface area contributed by atoms with Crippen LogP contribution in [0.2, 0.25) is 0 Å². The lowest BCUT2D eigenvalue weighted by atomic mass is 10.2. The molecule has 0 heterocycles. The summed E-state index contributed by atoms with van der Waals surface area (Å²) < 4.78 is 59.5. The number of ether oxygens (including phenoxy) is 11. The Hall–Kier alpha value is -0.930. The van der Waals surface area contributed by atoms with Gasteiger partial charge < -0.3 is 52.1 Å². The fourth-order valence-electron chi connectivity index (χ4n) is 3.14. The van der Waals surface area contributed by atoms with E-state index in [2.05, 4.69) is 6.92 Å². The standard InChI is InChI=1S/C30H60O12/c1-5-6-7-8-9-32-10-11-33-12-13-34-14-15-35-16-17-36-18-19-37-20-21-38-22-23-39-24-25-40-26-27-41-28-29(31)42-30(2,3)4/h5-28H2,1-4H3. The predicted molar refractivity (Wildman–Crippen MR) is 158 cm³/mol. The third kappa shape index (κ3) is 37.1. The van der Waals surface area contributed by atoms with Crippen LogP contribution in [0.5, 0.6) is 0 Å². The van der Waals surface area contributed by atoms with Gasteiger partial charge in [0, 0.05) is 6.61 Å². The number of carbonyl (C=O) groups excluding carboxylic acids is 1. The van der Waals surface area contributed by atoms with E-state index in [4.69, 9.17) is 52.1 Å². The SMILES string of the molecule is CCCCCCOCCOCCOCCOCCOCCOCCOCCOCCOCCOCC(=O)OC(C)(C)C. The van der Waals surface area contributed by atoms with E-state index in [0.717, 1.165) is 13.0 Å². The van der Waals surface area contributed by atoms with Crippen molar-refractivity contribution >= 4 is 5.97 Å². The van der Waals surface area contributed by atoms with Gasteiger partial charge in [0.05, 0.1) is 119 Å². The van der Waals surface area contributed by atoms with E-state index in [-0.39, 0.29) is 12.6 Å². The summed E-state index contributed by atoms with van der Waals surface area (Å²) >= 11 is 0. The van der Waals surface area contributed by atoms with Crippen LogP contribution in [0, 0.1) is 0 Å². The molecule has 0 aromatic carbocycles. The van der Waals surface area contributed by atoms with Gasteiger partial charge in [-0.3, -0.25) is 0 Å². The van der Waals surface area contributed by atoms with E-state index in [9.17, 15) is 4.79 Å². The molecule has 0 aliphatic rings. The Balaban J connectivity index is 3.09. The summed E-state index contributed by atoms with van der Waals surface area (Å²) in [5.41, 5.74) is -0.506. The van der Waals surface area contributed by atoms with Gasteiger partial charge in [-0.1, -0.05) is 26.2 Å². The lowest BCUT2D eigenvalue weighted by Gasteiger charge is -2.19. The van der Waals surface area contributed by atoms with Gasteiger partial charge in [0.1, 0.15) is 12.2 Å². The molecular formula is C30H60O12. The van der Waals surface area contributed by atoms with Gasteiger partial charge in [-0.05, 0) is 27.2 Å². The highest BCUT2D eigenvalue weighted by Crippen LogP contribution is 2.06. The molecule has 0 saturated heterocycles. The molecule has 0 rings (SSSR count). The van der Waals surface area contributed by atoms with E-state index in [1.165, 1.54) is 19.3 Å². The molecule has 252 valence electrons. The van der Waals surface area contributed by atoms with Crippen molar-refractivity contribution in [2.45, 2.75) is 59.0 Å². The fourth-order valence-corrected chi connectivity index (χ4v) is 3.14. The second-order valence-corrected chi connectivity index (χ2v) is 10.2. The summed E-state index contributed by atoms with van der Waals surface area (Å²) in [6, 6.07) is 0. The van der Waals surface area contributed by atoms with Crippen LogP contribution in [0.3, 0.4) is 0 Å². The van der Waals surface area contributed by atoms with Crippen LogP contribution in [-0.4, -0.2) is 144 Å². The van der Waals surface area contributed by atoms with Crippen LogP contribution in [0.4, 0.5) is 0 Å². The maximum atomic E-state index is 11.5. The van der Waals surface area contributed by atoms with E-state index in [1.807, 2.05) is 20.8 Å². The molecule has 0 amide bonds. The number of unbranched alkanes of at least 4 members (excludes halogenated alkanes) is 3. The summed E-state index contributed by atoms with van der Waals surface area (Å²) in [5.74, 6) is -0.383. The number of carbonyl (C=O) groups is 1. The predicted octanol–water partition coefficient (Wildman–Crippen LogP) is 3.07.